The van der Waals surface area contributed by atoms with Crippen molar-refractivity contribution in [2.24, 2.45) is 0 Å². The monoisotopic (exact) mass is 691 g/mol. The summed E-state index contributed by atoms with van der Waals surface area (Å²) in [5, 5.41) is 6.33. The maximum absolute atomic E-state index is 12.1. The van der Waals surface area contributed by atoms with Crippen LogP contribution in [0, 0.1) is 0 Å². The predicted molar refractivity (Wildman–Crippen MR) is 197 cm³/mol. The number of likely N-dealkylation sites (tertiary alicyclic amines) is 2. The molecule has 0 radical (unpaired) electrons. The topological polar surface area (TPSA) is 77.1 Å². The zero-order valence-corrected chi connectivity index (χ0v) is 29.8. The van der Waals surface area contributed by atoms with Crippen LogP contribution < -0.4 is 15.0 Å². The van der Waals surface area contributed by atoms with Gasteiger partial charge in [-0.25, -0.2) is 4.39 Å². The van der Waals surface area contributed by atoms with E-state index in [9.17, 15) is 9.18 Å². The van der Waals surface area contributed by atoms with Gasteiger partial charge in [-0.3, -0.25) is 14.6 Å². The van der Waals surface area contributed by atoms with Crippen molar-refractivity contribution in [1.82, 2.24) is 24.7 Å². The number of rotatable bonds is 8. The standard InChI is InChI=1S/C26H30ClN5O.C7H10FNO.C5H11N/c1-28-24-19-10-15-31(22-9-3-7-18-6-2-8-20(27)23(18)22)16-21(19)29-25(30-24)33-17-26-11-4-13-32(26)14-5-12-26;8-7-5-9(6-7)3-1-2-4-10;1-6-4-2-3-5-6/h2-3,6-9H,4-5,10-17H2,1H3,(H,28,29,30);1-2,4,7H,3,5-6H2;2-5H2,1H3/b;2-1+;. The number of anilines is 2. The molecule has 4 fully saturated rings. The van der Waals surface area contributed by atoms with Crippen LogP contribution in [-0.4, -0.2) is 116 Å². The third-order valence-corrected chi connectivity index (χ3v) is 10.9. The molecule has 9 nitrogen and oxygen atoms in total. The summed E-state index contributed by atoms with van der Waals surface area (Å²) < 4.78 is 18.4. The first-order valence-corrected chi connectivity index (χ1v) is 18.3. The lowest BCUT2D eigenvalue weighted by Crippen LogP contribution is -2.48. The van der Waals surface area contributed by atoms with Gasteiger partial charge in [-0.15, -0.1) is 0 Å². The lowest BCUT2D eigenvalue weighted by molar-refractivity contribution is -0.104. The number of hydrogen-bond acceptors (Lipinski definition) is 9. The molecule has 264 valence electrons. The Labute approximate surface area is 295 Å². The molecule has 0 bridgehead atoms. The third-order valence-electron chi connectivity index (χ3n) is 10.6. The molecular formula is C38H51ClFN7O2. The Morgan fingerprint density at radius 1 is 1.02 bits per heavy atom. The molecule has 11 heteroatoms. The molecule has 0 unspecified atom stereocenters. The largest absolute Gasteiger partial charge is 0.461 e. The van der Waals surface area contributed by atoms with E-state index in [0.717, 1.165) is 52.2 Å². The number of alkyl halides is 1. The van der Waals surface area contributed by atoms with Crippen LogP contribution in [0.4, 0.5) is 15.9 Å². The summed E-state index contributed by atoms with van der Waals surface area (Å²) in [6.45, 7) is 9.04. The third kappa shape index (κ3) is 8.53. The van der Waals surface area contributed by atoms with Crippen LogP contribution in [0.3, 0.4) is 0 Å². The van der Waals surface area contributed by atoms with E-state index in [2.05, 4.69) is 51.3 Å². The average Bonchev–Trinajstić information content (AvgIpc) is 3.84. The molecule has 0 atom stereocenters. The number of nitrogens with zero attached hydrogens (tertiary/aromatic N) is 6. The van der Waals surface area contributed by atoms with E-state index in [1.807, 2.05) is 24.1 Å². The second kappa shape index (κ2) is 16.6. The Hall–Kier alpha value is -3.31. The van der Waals surface area contributed by atoms with Crippen LogP contribution in [0.25, 0.3) is 10.8 Å². The zero-order valence-electron chi connectivity index (χ0n) is 29.1. The van der Waals surface area contributed by atoms with Gasteiger partial charge in [0.2, 0.25) is 0 Å². The molecule has 0 saturated carbocycles. The smallest absolute Gasteiger partial charge is 0.318 e. The number of ether oxygens (including phenoxy) is 1. The van der Waals surface area contributed by atoms with Crippen LogP contribution in [0.5, 0.6) is 6.01 Å². The van der Waals surface area contributed by atoms with Gasteiger partial charge < -0.3 is 19.9 Å². The summed E-state index contributed by atoms with van der Waals surface area (Å²) in [5.74, 6) is 0.887. The summed E-state index contributed by atoms with van der Waals surface area (Å²) in [7, 11) is 4.10. The van der Waals surface area contributed by atoms with Crippen molar-refractivity contribution in [1.29, 1.82) is 0 Å². The number of aldehydes is 1. The first-order valence-electron chi connectivity index (χ1n) is 17.9. The number of halogens is 2. The van der Waals surface area contributed by atoms with Gasteiger partial charge >= 0.3 is 6.01 Å². The minimum Gasteiger partial charge on any atom is -0.461 e. The lowest BCUT2D eigenvalue weighted by Gasteiger charge is -2.33. The highest BCUT2D eigenvalue weighted by atomic mass is 35.5. The van der Waals surface area contributed by atoms with E-state index in [-0.39, 0.29) is 5.54 Å². The van der Waals surface area contributed by atoms with Gasteiger partial charge in [-0.05, 0) is 102 Å². The Morgan fingerprint density at radius 2 is 1.76 bits per heavy atom. The van der Waals surface area contributed by atoms with Crippen molar-refractivity contribution >= 4 is 40.2 Å². The number of allylic oxidation sites excluding steroid dienone is 1. The predicted octanol–water partition coefficient (Wildman–Crippen LogP) is 6.00. The van der Waals surface area contributed by atoms with Crippen molar-refractivity contribution in [2.45, 2.75) is 63.2 Å². The van der Waals surface area contributed by atoms with Crippen molar-refractivity contribution in [3.8, 4) is 6.01 Å². The maximum Gasteiger partial charge on any atom is 0.318 e. The molecule has 0 amide bonds. The number of aromatic nitrogens is 2. The van der Waals surface area contributed by atoms with Crippen LogP contribution in [0.15, 0.2) is 48.6 Å². The number of fused-ring (bicyclic) bond motifs is 3. The Balaban J connectivity index is 0.000000214. The quantitative estimate of drug-likeness (QED) is 0.226. The average molecular weight is 692 g/mol. The first-order chi connectivity index (χ1) is 23.9. The van der Waals surface area contributed by atoms with Crippen LogP contribution in [0.1, 0.15) is 49.8 Å². The number of benzene rings is 2. The van der Waals surface area contributed by atoms with Crippen molar-refractivity contribution < 1.29 is 13.9 Å². The highest BCUT2D eigenvalue weighted by Gasteiger charge is 2.45. The van der Waals surface area contributed by atoms with Crippen molar-refractivity contribution in [2.75, 3.05) is 83.3 Å². The molecule has 4 saturated heterocycles. The van der Waals surface area contributed by atoms with Crippen LogP contribution in [0.2, 0.25) is 5.02 Å². The molecule has 5 aliphatic rings. The maximum atomic E-state index is 12.1. The minimum atomic E-state index is -0.648. The van der Waals surface area contributed by atoms with Crippen molar-refractivity contribution in [3.63, 3.8) is 0 Å². The summed E-state index contributed by atoms with van der Waals surface area (Å²) in [5.41, 5.74) is 3.56. The van der Waals surface area contributed by atoms with E-state index in [0.29, 0.717) is 38.8 Å². The minimum absolute atomic E-state index is 0.185. The lowest BCUT2D eigenvalue weighted by atomic mass is 9.95. The van der Waals surface area contributed by atoms with Crippen LogP contribution in [-0.2, 0) is 17.8 Å². The molecule has 49 heavy (non-hydrogen) atoms. The van der Waals surface area contributed by atoms with Gasteiger partial charge in [0.05, 0.1) is 22.8 Å². The van der Waals surface area contributed by atoms with E-state index >= 15 is 0 Å². The van der Waals surface area contributed by atoms with E-state index < -0.39 is 6.17 Å². The number of carbonyl (C=O) groups is 1. The van der Waals surface area contributed by atoms with Gasteiger partial charge in [0, 0.05) is 49.9 Å². The van der Waals surface area contributed by atoms with Crippen LogP contribution >= 0.6 is 11.6 Å². The number of nitrogens with one attached hydrogen (secondary N) is 1. The molecule has 6 heterocycles. The molecule has 2 aromatic carbocycles. The molecular weight excluding hydrogens is 641 g/mol. The summed E-state index contributed by atoms with van der Waals surface area (Å²) in [4.78, 5) is 28.7. The summed E-state index contributed by atoms with van der Waals surface area (Å²) in [6.07, 6.45) is 11.9. The van der Waals surface area contributed by atoms with Gasteiger partial charge in [0.1, 0.15) is 24.9 Å². The Morgan fingerprint density at radius 3 is 2.41 bits per heavy atom. The molecule has 8 rings (SSSR count). The first kappa shape index (κ1) is 35.5. The normalized spacial score (nSPS) is 20.6. The van der Waals surface area contributed by atoms with Gasteiger partial charge in [0.15, 0.2) is 0 Å². The molecule has 0 spiro atoms. The summed E-state index contributed by atoms with van der Waals surface area (Å²) >= 11 is 6.62. The Kier molecular flexibility index (Phi) is 12.0. The van der Waals surface area contributed by atoms with Gasteiger partial charge in [-0.2, -0.15) is 9.97 Å². The molecule has 0 aliphatic carbocycles. The summed E-state index contributed by atoms with van der Waals surface area (Å²) in [6, 6.07) is 13.0. The zero-order chi connectivity index (χ0) is 34.2. The second-order valence-electron chi connectivity index (χ2n) is 13.9. The van der Waals surface area contributed by atoms with Gasteiger partial charge in [-0.1, -0.05) is 41.9 Å². The number of carbonyl (C=O) groups excluding carboxylic acids is 1. The van der Waals surface area contributed by atoms with E-state index in [1.165, 1.54) is 76.3 Å². The Bertz CT molecular complexity index is 1580. The van der Waals surface area contributed by atoms with E-state index in [4.69, 9.17) is 26.3 Å². The SMILES string of the molecule is CN1CCCC1.CNc1nc(OCC23CCCN2CCC3)nc2c1CCN(c1cccc3cccc(Cl)c13)C2.O=C/C=C/CN1CC(F)C1. The van der Waals surface area contributed by atoms with Crippen molar-refractivity contribution in [3.05, 3.63) is 64.8 Å². The fourth-order valence-electron chi connectivity index (χ4n) is 7.88. The fourth-order valence-corrected chi connectivity index (χ4v) is 8.16. The molecule has 3 aromatic rings. The second-order valence-corrected chi connectivity index (χ2v) is 14.3. The highest BCUT2D eigenvalue weighted by molar-refractivity contribution is 6.36. The van der Waals surface area contributed by atoms with Gasteiger partial charge in [0.25, 0.3) is 0 Å². The fraction of sp³-hybridized carbons (Fsp3) is 0.553. The highest BCUT2D eigenvalue weighted by Crippen LogP contribution is 2.40. The number of hydrogen-bond donors (Lipinski definition) is 1. The molecule has 1 aromatic heterocycles. The molecule has 5 aliphatic heterocycles. The van der Waals surface area contributed by atoms with E-state index in [1.54, 1.807) is 6.08 Å². The molecule has 1 N–H and O–H groups in total.